The van der Waals surface area contributed by atoms with Crippen LogP contribution in [0.4, 0.5) is 0 Å². The zero-order chi connectivity index (χ0) is 12.4. The van der Waals surface area contributed by atoms with Crippen LogP contribution in [0, 0.1) is 12.8 Å². The molecule has 1 amide bonds. The topological polar surface area (TPSA) is 46.9 Å². The van der Waals surface area contributed by atoms with Gasteiger partial charge in [0.2, 0.25) is 5.91 Å². The Labute approximate surface area is 106 Å². The Bertz CT molecular complexity index is 428. The molecule has 1 atom stereocenters. The highest BCUT2D eigenvalue weighted by molar-refractivity contribution is 6.31. The number of hydrogen-bond acceptors (Lipinski definition) is 2. The number of nitrogens with zero attached hydrogens (tertiary/aromatic N) is 2. The van der Waals surface area contributed by atoms with Crippen molar-refractivity contribution in [2.45, 2.75) is 32.6 Å². The Balaban J connectivity index is 2.16. The first kappa shape index (κ1) is 12.4. The molecule has 2 heterocycles. The predicted molar refractivity (Wildman–Crippen MR) is 67.0 cm³/mol. The van der Waals surface area contributed by atoms with Crippen molar-refractivity contribution in [2.24, 2.45) is 13.0 Å². The SMILES string of the molecule is Cc1nn(C)c(CC2CCCCNC2=O)c1Cl. The van der Waals surface area contributed by atoms with E-state index < -0.39 is 0 Å². The Kier molecular flexibility index (Phi) is 3.72. The fourth-order valence-electron chi connectivity index (χ4n) is 2.33. The molecule has 1 unspecified atom stereocenters. The predicted octanol–water partition coefficient (Wildman–Crippen LogP) is 1.84. The van der Waals surface area contributed by atoms with E-state index in [1.165, 1.54) is 0 Å². The van der Waals surface area contributed by atoms with Crippen LogP contribution in [0.2, 0.25) is 5.02 Å². The molecule has 1 aliphatic heterocycles. The molecule has 94 valence electrons. The normalized spacial score (nSPS) is 21.1. The van der Waals surface area contributed by atoms with Crippen LogP contribution in [0.25, 0.3) is 0 Å². The van der Waals surface area contributed by atoms with Crippen molar-refractivity contribution in [1.82, 2.24) is 15.1 Å². The Morgan fingerprint density at radius 3 is 2.94 bits per heavy atom. The second-order valence-corrected chi connectivity index (χ2v) is 5.04. The lowest BCUT2D eigenvalue weighted by molar-refractivity contribution is -0.124. The van der Waals surface area contributed by atoms with E-state index in [0.717, 1.165) is 37.2 Å². The molecule has 17 heavy (non-hydrogen) atoms. The minimum atomic E-state index is 0.0322. The average Bonchev–Trinajstić information content (AvgIpc) is 2.45. The van der Waals surface area contributed by atoms with Crippen molar-refractivity contribution in [1.29, 1.82) is 0 Å². The first-order valence-electron chi connectivity index (χ1n) is 6.05. The summed E-state index contributed by atoms with van der Waals surface area (Å²) < 4.78 is 1.79. The second kappa shape index (κ2) is 5.08. The summed E-state index contributed by atoms with van der Waals surface area (Å²) in [7, 11) is 1.88. The van der Waals surface area contributed by atoms with Crippen LogP contribution in [0.1, 0.15) is 30.7 Å². The van der Waals surface area contributed by atoms with Gasteiger partial charge < -0.3 is 5.32 Å². The molecule has 1 saturated heterocycles. The Morgan fingerprint density at radius 2 is 2.29 bits per heavy atom. The zero-order valence-electron chi connectivity index (χ0n) is 10.3. The van der Waals surface area contributed by atoms with Crippen LogP contribution in [0.15, 0.2) is 0 Å². The van der Waals surface area contributed by atoms with Crippen molar-refractivity contribution in [3.8, 4) is 0 Å². The number of nitrogens with one attached hydrogen (secondary N) is 1. The average molecular weight is 256 g/mol. The van der Waals surface area contributed by atoms with Crippen LogP contribution in [0.5, 0.6) is 0 Å². The summed E-state index contributed by atoms with van der Waals surface area (Å²) in [4.78, 5) is 11.9. The van der Waals surface area contributed by atoms with Gasteiger partial charge in [0.25, 0.3) is 0 Å². The molecule has 1 aromatic heterocycles. The van der Waals surface area contributed by atoms with Gasteiger partial charge in [-0.1, -0.05) is 18.0 Å². The first-order chi connectivity index (χ1) is 8.09. The highest BCUT2D eigenvalue weighted by atomic mass is 35.5. The fraction of sp³-hybridized carbons (Fsp3) is 0.667. The number of hydrogen-bond donors (Lipinski definition) is 1. The summed E-state index contributed by atoms with van der Waals surface area (Å²) in [5.74, 6) is 0.183. The quantitative estimate of drug-likeness (QED) is 0.877. The summed E-state index contributed by atoms with van der Waals surface area (Å²) in [5.41, 5.74) is 1.80. The van der Waals surface area contributed by atoms with Gasteiger partial charge in [0.05, 0.1) is 16.4 Å². The third-order valence-corrected chi connectivity index (χ3v) is 3.84. The minimum absolute atomic E-state index is 0.0322. The van der Waals surface area contributed by atoms with E-state index in [-0.39, 0.29) is 11.8 Å². The van der Waals surface area contributed by atoms with E-state index in [9.17, 15) is 4.79 Å². The van der Waals surface area contributed by atoms with Crippen molar-refractivity contribution in [2.75, 3.05) is 6.54 Å². The van der Waals surface area contributed by atoms with Crippen LogP contribution >= 0.6 is 11.6 Å². The van der Waals surface area contributed by atoms with Crippen LogP contribution in [0.3, 0.4) is 0 Å². The molecular formula is C12H18ClN3O. The molecular weight excluding hydrogens is 238 g/mol. The number of aromatic nitrogens is 2. The number of carbonyl (C=O) groups excluding carboxylic acids is 1. The summed E-state index contributed by atoms with van der Waals surface area (Å²) >= 11 is 6.21. The molecule has 1 N–H and O–H groups in total. The summed E-state index contributed by atoms with van der Waals surface area (Å²) in [6.07, 6.45) is 3.78. The van der Waals surface area contributed by atoms with Crippen LogP contribution in [-0.2, 0) is 18.3 Å². The maximum absolute atomic E-state index is 11.9. The largest absolute Gasteiger partial charge is 0.356 e. The lowest BCUT2D eigenvalue weighted by atomic mass is 9.97. The molecule has 5 heteroatoms. The molecule has 0 aromatic carbocycles. The van der Waals surface area contributed by atoms with Crippen molar-refractivity contribution in [3.05, 3.63) is 16.4 Å². The number of amides is 1. The monoisotopic (exact) mass is 255 g/mol. The molecule has 0 spiro atoms. The van der Waals surface area contributed by atoms with Crippen molar-refractivity contribution < 1.29 is 4.79 Å². The Morgan fingerprint density at radius 1 is 1.53 bits per heavy atom. The van der Waals surface area contributed by atoms with Gasteiger partial charge in [0, 0.05) is 25.9 Å². The van der Waals surface area contributed by atoms with Gasteiger partial charge in [-0.25, -0.2) is 0 Å². The van der Waals surface area contributed by atoms with E-state index >= 15 is 0 Å². The molecule has 4 nitrogen and oxygen atoms in total. The molecule has 1 fully saturated rings. The number of carbonyl (C=O) groups is 1. The summed E-state index contributed by atoms with van der Waals surface area (Å²) in [6, 6.07) is 0. The van der Waals surface area contributed by atoms with Gasteiger partial charge in [0.1, 0.15) is 0 Å². The van der Waals surface area contributed by atoms with Gasteiger partial charge in [0.15, 0.2) is 0 Å². The van der Waals surface area contributed by atoms with E-state index in [1.54, 1.807) is 4.68 Å². The van der Waals surface area contributed by atoms with Gasteiger partial charge in [-0.05, 0) is 19.8 Å². The van der Waals surface area contributed by atoms with Crippen molar-refractivity contribution in [3.63, 3.8) is 0 Å². The first-order valence-corrected chi connectivity index (χ1v) is 6.43. The van der Waals surface area contributed by atoms with Gasteiger partial charge in [-0.15, -0.1) is 0 Å². The summed E-state index contributed by atoms with van der Waals surface area (Å²) in [5, 5.41) is 7.93. The molecule has 1 aromatic rings. The van der Waals surface area contributed by atoms with E-state index in [0.29, 0.717) is 11.4 Å². The molecule has 2 rings (SSSR count). The molecule has 0 aliphatic carbocycles. The lowest BCUT2D eigenvalue weighted by Crippen LogP contribution is -2.30. The third-order valence-electron chi connectivity index (χ3n) is 3.35. The van der Waals surface area contributed by atoms with Gasteiger partial charge >= 0.3 is 0 Å². The van der Waals surface area contributed by atoms with E-state index in [1.807, 2.05) is 14.0 Å². The lowest BCUT2D eigenvalue weighted by Gasteiger charge is -2.13. The highest BCUT2D eigenvalue weighted by Crippen LogP contribution is 2.25. The highest BCUT2D eigenvalue weighted by Gasteiger charge is 2.24. The molecule has 0 bridgehead atoms. The maximum Gasteiger partial charge on any atom is 0.223 e. The fourth-order valence-corrected chi connectivity index (χ4v) is 2.57. The van der Waals surface area contributed by atoms with E-state index in [4.69, 9.17) is 11.6 Å². The summed E-state index contributed by atoms with van der Waals surface area (Å²) in [6.45, 7) is 2.69. The molecule has 0 saturated carbocycles. The van der Waals surface area contributed by atoms with Gasteiger partial charge in [-0.2, -0.15) is 5.10 Å². The number of aryl methyl sites for hydroxylation is 2. The minimum Gasteiger partial charge on any atom is -0.356 e. The van der Waals surface area contributed by atoms with Crippen molar-refractivity contribution >= 4 is 17.5 Å². The maximum atomic E-state index is 11.9. The molecule has 0 radical (unpaired) electrons. The number of rotatable bonds is 2. The Hall–Kier alpha value is -1.03. The van der Waals surface area contributed by atoms with Crippen LogP contribution in [-0.4, -0.2) is 22.2 Å². The number of halogens is 1. The van der Waals surface area contributed by atoms with E-state index in [2.05, 4.69) is 10.4 Å². The molecule has 1 aliphatic rings. The zero-order valence-corrected chi connectivity index (χ0v) is 11.0. The van der Waals surface area contributed by atoms with Gasteiger partial charge in [-0.3, -0.25) is 9.48 Å². The third kappa shape index (κ3) is 2.63. The smallest absolute Gasteiger partial charge is 0.223 e. The van der Waals surface area contributed by atoms with Crippen LogP contribution < -0.4 is 5.32 Å². The standard InChI is InChI=1S/C12H18ClN3O/c1-8-11(13)10(16(2)15-8)7-9-5-3-4-6-14-12(9)17/h9H,3-7H2,1-2H3,(H,14,17). The second-order valence-electron chi connectivity index (χ2n) is 4.66.